The Balaban J connectivity index is 1.62. The molecule has 38 heavy (non-hydrogen) atoms. The van der Waals surface area contributed by atoms with Gasteiger partial charge >= 0.3 is 0 Å². The Morgan fingerprint density at radius 3 is 2.05 bits per heavy atom. The van der Waals surface area contributed by atoms with Gasteiger partial charge in [0.1, 0.15) is 12.3 Å². The maximum Gasteiger partial charge on any atom is 0.112 e. The highest BCUT2D eigenvalue weighted by atomic mass is 15.4. The Hall–Kier alpha value is -3.90. The summed E-state index contributed by atoms with van der Waals surface area (Å²) in [4.78, 5) is 9.29. The second kappa shape index (κ2) is 9.44. The van der Waals surface area contributed by atoms with Crippen molar-refractivity contribution >= 4 is 11.4 Å². The second-order valence-corrected chi connectivity index (χ2v) is 11.2. The molecule has 3 unspecified atom stereocenters. The molecule has 0 N–H and O–H groups in total. The third kappa shape index (κ3) is 3.58. The number of rotatable bonds is 6. The zero-order valence-corrected chi connectivity index (χ0v) is 23.4. The molecular weight excluding hydrogens is 468 g/mol. The van der Waals surface area contributed by atoms with Crippen LogP contribution in [0.3, 0.4) is 0 Å². The Morgan fingerprint density at radius 1 is 0.816 bits per heavy atom. The van der Waals surface area contributed by atoms with Gasteiger partial charge in [-0.25, -0.2) is 0 Å². The zero-order chi connectivity index (χ0) is 27.2. The highest BCUT2D eigenvalue weighted by Crippen LogP contribution is 2.61. The van der Waals surface area contributed by atoms with Gasteiger partial charge in [-0.05, 0) is 80.1 Å². The van der Waals surface area contributed by atoms with Gasteiger partial charge < -0.3 is 19.6 Å². The lowest BCUT2D eigenvalue weighted by molar-refractivity contribution is 0.0127. The molecular formula is C32H38N6. The fourth-order valence-electron chi connectivity index (χ4n) is 7.30. The van der Waals surface area contributed by atoms with Crippen molar-refractivity contribution in [2.45, 2.75) is 71.1 Å². The van der Waals surface area contributed by atoms with Crippen LogP contribution in [0.2, 0.25) is 0 Å². The van der Waals surface area contributed by atoms with Crippen LogP contribution < -0.4 is 9.80 Å². The van der Waals surface area contributed by atoms with E-state index in [0.29, 0.717) is 11.1 Å². The van der Waals surface area contributed by atoms with E-state index in [2.05, 4.69) is 123 Å². The number of hydrogen-bond acceptors (Lipinski definition) is 6. The molecule has 196 valence electrons. The minimum Gasteiger partial charge on any atom is -0.359 e. The molecule has 3 aliphatic heterocycles. The molecule has 0 saturated carbocycles. The van der Waals surface area contributed by atoms with Crippen molar-refractivity contribution in [3.05, 3.63) is 83.5 Å². The highest BCUT2D eigenvalue weighted by Gasteiger charge is 2.59. The summed E-state index contributed by atoms with van der Waals surface area (Å²) < 4.78 is 0. The molecule has 0 bridgehead atoms. The lowest BCUT2D eigenvalue weighted by Gasteiger charge is -2.60. The van der Waals surface area contributed by atoms with Crippen LogP contribution in [0.4, 0.5) is 11.4 Å². The molecule has 0 radical (unpaired) electrons. The van der Waals surface area contributed by atoms with Gasteiger partial charge in [-0.1, -0.05) is 20.8 Å². The molecule has 0 amide bonds. The summed E-state index contributed by atoms with van der Waals surface area (Å²) in [6.45, 7) is 9.22. The standard InChI is InChI=1S/C32H38N6/c1-7-31(4)27-20-25(22-34)10-12-29(27)38-18-16-36(6)30(38)32(31,8-2)14-13-26-19-24(21-33)9-11-28(26)37-17-15-35(5)23(37)3/h9-12,15-20,23,30H,7-8,13-14H2,1-6H3/t23?,30-,31?,32?/m1/s1. The average molecular weight is 507 g/mol. The first-order valence-corrected chi connectivity index (χ1v) is 13.7. The van der Waals surface area contributed by atoms with Crippen molar-refractivity contribution in [1.29, 1.82) is 10.5 Å². The summed E-state index contributed by atoms with van der Waals surface area (Å²) >= 11 is 0. The molecule has 6 nitrogen and oxygen atoms in total. The van der Waals surface area contributed by atoms with Gasteiger partial charge in [-0.3, -0.25) is 0 Å². The van der Waals surface area contributed by atoms with Gasteiger partial charge in [0.25, 0.3) is 0 Å². The Morgan fingerprint density at radius 2 is 1.45 bits per heavy atom. The molecule has 0 aromatic heterocycles. The highest BCUT2D eigenvalue weighted by molar-refractivity contribution is 5.67. The van der Waals surface area contributed by atoms with Crippen molar-refractivity contribution in [2.75, 3.05) is 23.9 Å². The van der Waals surface area contributed by atoms with Gasteiger partial charge in [0, 0.05) is 61.1 Å². The average Bonchev–Trinajstić information content (AvgIpc) is 3.50. The lowest BCUT2D eigenvalue weighted by atomic mass is 9.52. The van der Waals surface area contributed by atoms with Gasteiger partial charge in [0.2, 0.25) is 0 Å². The number of nitriles is 2. The van der Waals surface area contributed by atoms with E-state index in [9.17, 15) is 10.5 Å². The maximum absolute atomic E-state index is 9.75. The van der Waals surface area contributed by atoms with Crippen LogP contribution in [-0.2, 0) is 11.8 Å². The number of nitrogens with zero attached hydrogens (tertiary/aromatic N) is 6. The molecule has 0 spiro atoms. The van der Waals surface area contributed by atoms with Crippen LogP contribution in [0.5, 0.6) is 0 Å². The van der Waals surface area contributed by atoms with E-state index in [-0.39, 0.29) is 23.2 Å². The van der Waals surface area contributed by atoms with Gasteiger partial charge in [0.15, 0.2) is 0 Å². The molecule has 2 aromatic rings. The predicted octanol–water partition coefficient (Wildman–Crippen LogP) is 6.26. The number of aryl methyl sites for hydroxylation is 1. The van der Waals surface area contributed by atoms with Gasteiger partial charge in [0.05, 0.1) is 23.3 Å². The predicted molar refractivity (Wildman–Crippen MR) is 153 cm³/mol. The minimum absolute atomic E-state index is 0.0930. The fourth-order valence-corrected chi connectivity index (χ4v) is 7.30. The number of anilines is 2. The van der Waals surface area contributed by atoms with E-state index < -0.39 is 0 Å². The van der Waals surface area contributed by atoms with E-state index in [1.54, 1.807) is 0 Å². The summed E-state index contributed by atoms with van der Waals surface area (Å²) in [5.74, 6) is 0. The summed E-state index contributed by atoms with van der Waals surface area (Å²) in [6, 6.07) is 17.1. The van der Waals surface area contributed by atoms with Gasteiger partial charge in [-0.2, -0.15) is 10.5 Å². The SMILES string of the molecule is CCC1(C)c2cc(C#N)ccc2N2C=CN(C)[C@H]2C1(CC)CCc1cc(C#N)ccc1N1C=CN(C)C1C. The van der Waals surface area contributed by atoms with Gasteiger partial charge in [-0.15, -0.1) is 0 Å². The monoisotopic (exact) mass is 506 g/mol. The minimum atomic E-state index is -0.139. The van der Waals surface area contributed by atoms with E-state index in [0.717, 1.165) is 25.7 Å². The molecule has 0 aliphatic carbocycles. The molecule has 5 rings (SSSR count). The molecule has 3 heterocycles. The summed E-state index contributed by atoms with van der Waals surface area (Å²) in [7, 11) is 4.28. The summed E-state index contributed by atoms with van der Waals surface area (Å²) in [6.07, 6.45) is 12.8. The van der Waals surface area contributed by atoms with E-state index in [4.69, 9.17) is 0 Å². The van der Waals surface area contributed by atoms with Crippen LogP contribution in [0.1, 0.15) is 69.2 Å². The van der Waals surface area contributed by atoms with E-state index in [1.807, 2.05) is 12.1 Å². The van der Waals surface area contributed by atoms with Crippen molar-refractivity contribution in [3.8, 4) is 12.1 Å². The van der Waals surface area contributed by atoms with Crippen molar-refractivity contribution in [1.82, 2.24) is 9.80 Å². The number of benzene rings is 2. The zero-order valence-electron chi connectivity index (χ0n) is 23.4. The Kier molecular flexibility index (Phi) is 6.40. The molecule has 2 aromatic carbocycles. The first-order chi connectivity index (χ1) is 18.2. The number of fused-ring (bicyclic) bond motifs is 3. The third-order valence-corrected chi connectivity index (χ3v) is 9.82. The smallest absolute Gasteiger partial charge is 0.112 e. The molecule has 0 saturated heterocycles. The lowest BCUT2D eigenvalue weighted by Crippen LogP contribution is -2.63. The number of hydrogen-bond donors (Lipinski definition) is 0. The van der Waals surface area contributed by atoms with Crippen molar-refractivity contribution < 1.29 is 0 Å². The van der Waals surface area contributed by atoms with Crippen molar-refractivity contribution in [3.63, 3.8) is 0 Å². The molecule has 3 aliphatic rings. The Bertz CT molecular complexity index is 1380. The summed E-state index contributed by atoms with van der Waals surface area (Å²) in [5.41, 5.74) is 6.02. The first kappa shape index (κ1) is 25.7. The van der Waals surface area contributed by atoms with Crippen molar-refractivity contribution in [2.24, 2.45) is 5.41 Å². The molecule has 6 heteroatoms. The first-order valence-electron chi connectivity index (χ1n) is 13.7. The normalized spacial score (nSPS) is 27.4. The fraction of sp³-hybridized carbons (Fsp3) is 0.438. The topological polar surface area (TPSA) is 60.5 Å². The summed E-state index contributed by atoms with van der Waals surface area (Å²) in [5, 5.41) is 19.5. The Labute approximate surface area is 227 Å². The van der Waals surface area contributed by atoms with Crippen LogP contribution in [-0.4, -0.2) is 36.2 Å². The second-order valence-electron chi connectivity index (χ2n) is 11.2. The molecule has 4 atom stereocenters. The largest absolute Gasteiger partial charge is 0.359 e. The van der Waals surface area contributed by atoms with Crippen LogP contribution in [0, 0.1) is 28.1 Å². The van der Waals surface area contributed by atoms with Crippen LogP contribution in [0.25, 0.3) is 0 Å². The van der Waals surface area contributed by atoms with Crippen LogP contribution >= 0.6 is 0 Å². The van der Waals surface area contributed by atoms with E-state index >= 15 is 0 Å². The quantitative estimate of drug-likeness (QED) is 0.461. The van der Waals surface area contributed by atoms with E-state index in [1.165, 1.54) is 22.5 Å². The van der Waals surface area contributed by atoms with Crippen LogP contribution in [0.15, 0.2) is 61.2 Å². The maximum atomic E-state index is 9.75. The third-order valence-electron chi connectivity index (χ3n) is 9.82. The molecule has 0 fully saturated rings.